The SMILES string of the molecule is Cc1nnc2n1-c1ccccc1C(c1ccccc1)=NC2N(C(=O)O)C(C)c1ccccc1. The summed E-state index contributed by atoms with van der Waals surface area (Å²) in [7, 11) is 0. The third-order valence-electron chi connectivity index (χ3n) is 5.96. The summed E-state index contributed by atoms with van der Waals surface area (Å²) in [5.74, 6) is 1.14. The van der Waals surface area contributed by atoms with Crippen molar-refractivity contribution in [1.82, 2.24) is 19.7 Å². The lowest BCUT2D eigenvalue weighted by Gasteiger charge is -2.31. The Hall–Kier alpha value is -4.26. The molecule has 1 amide bonds. The molecule has 0 bridgehead atoms. The fourth-order valence-electron chi connectivity index (χ4n) is 4.35. The van der Waals surface area contributed by atoms with Gasteiger partial charge >= 0.3 is 6.09 Å². The third-order valence-corrected chi connectivity index (χ3v) is 5.96. The van der Waals surface area contributed by atoms with Crippen molar-refractivity contribution >= 4 is 11.8 Å². The fourth-order valence-corrected chi connectivity index (χ4v) is 4.35. The molecule has 1 aromatic heterocycles. The van der Waals surface area contributed by atoms with E-state index in [2.05, 4.69) is 10.2 Å². The smallest absolute Gasteiger partial charge is 0.409 e. The molecule has 7 heteroatoms. The minimum atomic E-state index is -1.08. The normalized spacial score (nSPS) is 15.6. The maximum Gasteiger partial charge on any atom is 0.409 e. The number of para-hydroxylation sites is 1. The summed E-state index contributed by atoms with van der Waals surface area (Å²) in [6, 6.07) is 26.8. The number of aromatic nitrogens is 3. The average molecular weight is 438 g/mol. The van der Waals surface area contributed by atoms with E-state index in [1.165, 1.54) is 4.90 Å². The molecule has 7 nitrogen and oxygen atoms in total. The zero-order valence-corrected chi connectivity index (χ0v) is 18.3. The van der Waals surface area contributed by atoms with Gasteiger partial charge < -0.3 is 5.11 Å². The molecule has 0 saturated heterocycles. The first kappa shape index (κ1) is 20.6. The topological polar surface area (TPSA) is 83.6 Å². The van der Waals surface area contributed by atoms with Crippen LogP contribution in [0.2, 0.25) is 0 Å². The first-order chi connectivity index (χ1) is 16.1. The summed E-state index contributed by atoms with van der Waals surface area (Å²) in [6.07, 6.45) is -1.97. The van der Waals surface area contributed by atoms with Gasteiger partial charge in [-0.1, -0.05) is 78.9 Å². The number of rotatable bonds is 4. The summed E-state index contributed by atoms with van der Waals surface area (Å²) >= 11 is 0. The second-order valence-corrected chi connectivity index (χ2v) is 7.95. The van der Waals surface area contributed by atoms with Gasteiger partial charge in [0.15, 0.2) is 12.0 Å². The molecule has 1 aliphatic heterocycles. The Kier molecular flexibility index (Phi) is 5.22. The van der Waals surface area contributed by atoms with Crippen molar-refractivity contribution in [3.63, 3.8) is 0 Å². The lowest BCUT2D eigenvalue weighted by Crippen LogP contribution is -2.36. The average Bonchev–Trinajstić information content (AvgIpc) is 3.16. The van der Waals surface area contributed by atoms with Crippen LogP contribution >= 0.6 is 0 Å². The molecule has 0 fully saturated rings. The predicted octanol–water partition coefficient (Wildman–Crippen LogP) is 5.17. The molecule has 1 N–H and O–H groups in total. The van der Waals surface area contributed by atoms with Crippen LogP contribution in [0, 0.1) is 6.92 Å². The molecule has 0 aliphatic carbocycles. The van der Waals surface area contributed by atoms with Crippen LogP contribution in [0.5, 0.6) is 0 Å². The lowest BCUT2D eigenvalue weighted by molar-refractivity contribution is 0.101. The van der Waals surface area contributed by atoms with Gasteiger partial charge in [-0.05, 0) is 25.5 Å². The fraction of sp³-hybridized carbons (Fsp3) is 0.154. The third kappa shape index (κ3) is 3.57. The van der Waals surface area contributed by atoms with Gasteiger partial charge in [0.1, 0.15) is 5.82 Å². The van der Waals surface area contributed by atoms with E-state index in [9.17, 15) is 9.90 Å². The van der Waals surface area contributed by atoms with Gasteiger partial charge in [0.05, 0.1) is 17.4 Å². The standard InChI is InChI=1S/C26H23N5O2/c1-17(19-11-5-3-6-12-19)30(26(32)33)24-25-29-28-18(2)31(25)22-16-10-9-15-21(22)23(27-24)20-13-7-4-8-14-20/h3-17,24H,1-2H3,(H,32,33). The van der Waals surface area contributed by atoms with E-state index >= 15 is 0 Å². The lowest BCUT2D eigenvalue weighted by atomic mass is 10.0. The van der Waals surface area contributed by atoms with Crippen LogP contribution in [-0.2, 0) is 0 Å². The van der Waals surface area contributed by atoms with Gasteiger partial charge in [-0.3, -0.25) is 14.5 Å². The Morgan fingerprint density at radius 2 is 1.58 bits per heavy atom. The molecule has 2 unspecified atom stereocenters. The van der Waals surface area contributed by atoms with Gasteiger partial charge in [-0.2, -0.15) is 0 Å². The zero-order valence-electron chi connectivity index (χ0n) is 18.3. The van der Waals surface area contributed by atoms with Crippen molar-refractivity contribution in [2.24, 2.45) is 4.99 Å². The van der Waals surface area contributed by atoms with Crippen LogP contribution in [-0.4, -0.2) is 36.6 Å². The first-order valence-corrected chi connectivity index (χ1v) is 10.8. The Morgan fingerprint density at radius 3 is 2.27 bits per heavy atom. The van der Waals surface area contributed by atoms with E-state index in [0.29, 0.717) is 17.4 Å². The van der Waals surface area contributed by atoms with Gasteiger partial charge in [-0.15, -0.1) is 10.2 Å². The number of aliphatic imine (C=N–C) groups is 1. The van der Waals surface area contributed by atoms with E-state index < -0.39 is 18.3 Å². The van der Waals surface area contributed by atoms with Crippen molar-refractivity contribution < 1.29 is 9.90 Å². The molecule has 1 aliphatic rings. The van der Waals surface area contributed by atoms with E-state index in [1.807, 2.05) is 103 Å². The molecular formula is C26H23N5O2. The largest absolute Gasteiger partial charge is 0.465 e. The monoisotopic (exact) mass is 437 g/mol. The van der Waals surface area contributed by atoms with Crippen LogP contribution < -0.4 is 0 Å². The van der Waals surface area contributed by atoms with Gasteiger partial charge in [0.25, 0.3) is 0 Å². The number of aryl methyl sites for hydroxylation is 1. The van der Waals surface area contributed by atoms with Crippen molar-refractivity contribution in [1.29, 1.82) is 0 Å². The quantitative estimate of drug-likeness (QED) is 0.478. The van der Waals surface area contributed by atoms with Crippen LogP contribution in [0.25, 0.3) is 5.69 Å². The molecule has 2 atom stereocenters. The first-order valence-electron chi connectivity index (χ1n) is 10.8. The molecule has 5 rings (SSSR count). The van der Waals surface area contributed by atoms with E-state index in [0.717, 1.165) is 22.4 Å². The van der Waals surface area contributed by atoms with Gasteiger partial charge in [0.2, 0.25) is 0 Å². The summed E-state index contributed by atoms with van der Waals surface area (Å²) in [5, 5.41) is 19.0. The molecule has 0 saturated carbocycles. The summed E-state index contributed by atoms with van der Waals surface area (Å²) in [6.45, 7) is 3.73. The number of carboxylic acid groups (broad SMARTS) is 1. The number of amides is 1. The number of nitrogens with zero attached hydrogens (tertiary/aromatic N) is 5. The predicted molar refractivity (Wildman–Crippen MR) is 126 cm³/mol. The summed E-state index contributed by atoms with van der Waals surface area (Å²) in [5.41, 5.74) is 4.27. The Bertz CT molecular complexity index is 1330. The van der Waals surface area contributed by atoms with Crippen LogP contribution in [0.3, 0.4) is 0 Å². The Labute approximate surface area is 191 Å². The minimum Gasteiger partial charge on any atom is -0.465 e. The molecule has 3 aromatic carbocycles. The molecule has 4 aromatic rings. The van der Waals surface area contributed by atoms with Crippen LogP contribution in [0.15, 0.2) is 89.9 Å². The van der Waals surface area contributed by atoms with Crippen LogP contribution in [0.4, 0.5) is 4.79 Å². The van der Waals surface area contributed by atoms with Crippen molar-refractivity contribution in [3.8, 4) is 5.69 Å². The molecule has 0 spiro atoms. The molecule has 164 valence electrons. The summed E-state index contributed by atoms with van der Waals surface area (Å²) < 4.78 is 1.91. The number of fused-ring (bicyclic) bond motifs is 3. The maximum atomic E-state index is 12.7. The summed E-state index contributed by atoms with van der Waals surface area (Å²) in [4.78, 5) is 19.1. The highest BCUT2D eigenvalue weighted by atomic mass is 16.4. The minimum absolute atomic E-state index is 0.457. The van der Waals surface area contributed by atoms with Gasteiger partial charge in [0, 0.05) is 11.1 Å². The second-order valence-electron chi connectivity index (χ2n) is 7.95. The van der Waals surface area contributed by atoms with E-state index in [4.69, 9.17) is 4.99 Å². The highest BCUT2D eigenvalue weighted by Crippen LogP contribution is 2.36. The Morgan fingerprint density at radius 1 is 0.939 bits per heavy atom. The molecule has 0 radical (unpaired) electrons. The van der Waals surface area contributed by atoms with Gasteiger partial charge in [-0.25, -0.2) is 4.79 Å². The van der Waals surface area contributed by atoms with Crippen molar-refractivity contribution in [2.75, 3.05) is 0 Å². The van der Waals surface area contributed by atoms with E-state index in [1.54, 1.807) is 0 Å². The molecule has 2 heterocycles. The molecular weight excluding hydrogens is 414 g/mol. The molecule has 33 heavy (non-hydrogen) atoms. The number of benzene rings is 3. The van der Waals surface area contributed by atoms with Crippen LogP contribution in [0.1, 0.15) is 47.5 Å². The van der Waals surface area contributed by atoms with E-state index in [-0.39, 0.29) is 0 Å². The highest BCUT2D eigenvalue weighted by molar-refractivity contribution is 6.15. The van der Waals surface area contributed by atoms with Crippen molar-refractivity contribution in [2.45, 2.75) is 26.1 Å². The second kappa shape index (κ2) is 8.35. The number of hydrogen-bond acceptors (Lipinski definition) is 4. The Balaban J connectivity index is 1.77. The zero-order chi connectivity index (χ0) is 22.9. The number of carbonyl (C=O) groups is 1. The van der Waals surface area contributed by atoms with Crippen molar-refractivity contribution in [3.05, 3.63) is 113 Å². The number of hydrogen-bond donors (Lipinski definition) is 1. The highest BCUT2D eigenvalue weighted by Gasteiger charge is 2.37. The maximum absolute atomic E-state index is 12.7.